The number of carboxylic acids is 1. The molecule has 0 aromatic carbocycles. The van der Waals surface area contributed by atoms with Crippen LogP contribution in [0.5, 0.6) is 0 Å². The van der Waals surface area contributed by atoms with Gasteiger partial charge in [-0.1, -0.05) is 20.3 Å². The topological polar surface area (TPSA) is 54.4 Å². The molecule has 0 saturated heterocycles. The van der Waals surface area contributed by atoms with Crippen molar-refractivity contribution < 1.29 is 14.7 Å². The first kappa shape index (κ1) is 12.1. The van der Waals surface area contributed by atoms with Gasteiger partial charge in [-0.3, -0.25) is 4.79 Å². The third kappa shape index (κ3) is 5.39. The molecule has 0 unspecified atom stereocenters. The highest BCUT2D eigenvalue weighted by molar-refractivity contribution is 5.75. The first-order valence-corrected chi connectivity index (χ1v) is 4.61. The highest BCUT2D eigenvalue weighted by Gasteiger charge is 2.25. The quantitative estimate of drug-likeness (QED) is 0.692. The summed E-state index contributed by atoms with van der Waals surface area (Å²) in [5, 5.41) is 8.66. The van der Waals surface area contributed by atoms with Crippen molar-refractivity contribution in [2.24, 2.45) is 5.41 Å². The van der Waals surface area contributed by atoms with Crippen LogP contribution in [0.4, 0.5) is 0 Å². The van der Waals surface area contributed by atoms with Crippen LogP contribution < -0.4 is 0 Å². The number of rotatable bonds is 6. The number of carbonyl (C=O) groups is 2. The fraction of sp³-hybridized carbons (Fsp3) is 0.800. The van der Waals surface area contributed by atoms with Crippen LogP contribution in [0.15, 0.2) is 0 Å². The lowest BCUT2D eigenvalue weighted by atomic mass is 9.79. The molecule has 3 nitrogen and oxygen atoms in total. The third-order valence-electron chi connectivity index (χ3n) is 2.51. The van der Waals surface area contributed by atoms with E-state index in [0.29, 0.717) is 12.8 Å². The Morgan fingerprint density at radius 2 is 1.92 bits per heavy atom. The lowest BCUT2D eigenvalue weighted by Gasteiger charge is -2.25. The predicted octanol–water partition coefficient (Wildman–Crippen LogP) is 2.25. The molecule has 3 heteroatoms. The zero-order valence-corrected chi connectivity index (χ0v) is 8.59. The third-order valence-corrected chi connectivity index (χ3v) is 2.51. The van der Waals surface area contributed by atoms with Gasteiger partial charge in [0.1, 0.15) is 5.78 Å². The van der Waals surface area contributed by atoms with E-state index in [9.17, 15) is 9.59 Å². The Bertz CT molecular complexity index is 198. The summed E-state index contributed by atoms with van der Waals surface area (Å²) >= 11 is 0. The molecule has 0 rings (SSSR count). The normalized spacial score (nSPS) is 15.0. The van der Waals surface area contributed by atoms with Gasteiger partial charge >= 0.3 is 5.97 Å². The van der Waals surface area contributed by atoms with Crippen molar-refractivity contribution in [3.8, 4) is 0 Å². The minimum absolute atomic E-state index is 0.130. The molecule has 1 N–H and O–H groups in total. The van der Waals surface area contributed by atoms with Crippen LogP contribution in [0.1, 0.15) is 46.5 Å². The first-order chi connectivity index (χ1) is 5.89. The van der Waals surface area contributed by atoms with E-state index >= 15 is 0 Å². The molecule has 0 spiro atoms. The van der Waals surface area contributed by atoms with Gasteiger partial charge in [0.05, 0.1) is 6.42 Å². The molecule has 0 heterocycles. The molecular weight excluding hydrogens is 168 g/mol. The number of aliphatic carboxylic acids is 1. The zero-order chi connectivity index (χ0) is 10.5. The van der Waals surface area contributed by atoms with Crippen LogP contribution in [0.25, 0.3) is 0 Å². The monoisotopic (exact) mass is 186 g/mol. The second kappa shape index (κ2) is 5.00. The highest BCUT2D eigenvalue weighted by Crippen LogP contribution is 2.31. The van der Waals surface area contributed by atoms with Gasteiger partial charge in [-0.15, -0.1) is 0 Å². The Balaban J connectivity index is 4.10. The van der Waals surface area contributed by atoms with Crippen LogP contribution in [0.2, 0.25) is 0 Å². The van der Waals surface area contributed by atoms with E-state index in [1.807, 2.05) is 13.8 Å². The summed E-state index contributed by atoms with van der Waals surface area (Å²) in [5.41, 5.74) is -0.225. The summed E-state index contributed by atoms with van der Waals surface area (Å²) in [5.74, 6) is -0.655. The Morgan fingerprint density at radius 1 is 1.38 bits per heavy atom. The molecule has 0 amide bonds. The van der Waals surface area contributed by atoms with Crippen molar-refractivity contribution in [3.63, 3.8) is 0 Å². The smallest absolute Gasteiger partial charge is 0.303 e. The van der Waals surface area contributed by atoms with Crippen LogP contribution >= 0.6 is 0 Å². The van der Waals surface area contributed by atoms with Crippen molar-refractivity contribution in [2.45, 2.75) is 46.5 Å². The minimum atomic E-state index is -0.784. The standard InChI is InChI=1S/C10H18O3/c1-4-10(3,7-9(12)13)6-5-8(2)11/h4-7H2,1-3H3,(H,12,13)/t10-/m1/s1. The fourth-order valence-corrected chi connectivity index (χ4v) is 1.23. The Labute approximate surface area is 79.1 Å². The summed E-state index contributed by atoms with van der Waals surface area (Å²) in [6, 6.07) is 0. The van der Waals surface area contributed by atoms with E-state index in [4.69, 9.17) is 5.11 Å². The van der Waals surface area contributed by atoms with Gasteiger partial charge in [-0.2, -0.15) is 0 Å². The highest BCUT2D eigenvalue weighted by atomic mass is 16.4. The number of hydrogen-bond donors (Lipinski definition) is 1. The first-order valence-electron chi connectivity index (χ1n) is 4.61. The second-order valence-corrected chi connectivity index (χ2v) is 3.94. The average molecular weight is 186 g/mol. The summed E-state index contributed by atoms with van der Waals surface area (Å²) in [6.45, 7) is 5.42. The van der Waals surface area contributed by atoms with Gasteiger partial charge in [-0.05, 0) is 18.8 Å². The van der Waals surface area contributed by atoms with E-state index in [1.54, 1.807) is 0 Å². The molecule has 0 aliphatic heterocycles. The molecular formula is C10H18O3. The molecule has 0 radical (unpaired) electrons. The maximum atomic E-state index is 10.7. The van der Waals surface area contributed by atoms with E-state index in [2.05, 4.69) is 0 Å². The average Bonchev–Trinajstić information content (AvgIpc) is 2.00. The largest absolute Gasteiger partial charge is 0.481 e. The molecule has 13 heavy (non-hydrogen) atoms. The van der Waals surface area contributed by atoms with Crippen molar-refractivity contribution in [1.29, 1.82) is 0 Å². The van der Waals surface area contributed by atoms with Crippen LogP contribution in [-0.2, 0) is 9.59 Å². The molecule has 0 aromatic rings. The van der Waals surface area contributed by atoms with Gasteiger partial charge < -0.3 is 9.90 Å². The van der Waals surface area contributed by atoms with Gasteiger partial charge in [0.15, 0.2) is 0 Å². The number of hydrogen-bond acceptors (Lipinski definition) is 2. The Kier molecular flexibility index (Phi) is 4.67. The molecule has 0 aromatic heterocycles. The van der Waals surface area contributed by atoms with Crippen molar-refractivity contribution in [3.05, 3.63) is 0 Å². The number of ketones is 1. The lowest BCUT2D eigenvalue weighted by Crippen LogP contribution is -2.20. The van der Waals surface area contributed by atoms with Gasteiger partial charge in [0.2, 0.25) is 0 Å². The van der Waals surface area contributed by atoms with Crippen LogP contribution in [-0.4, -0.2) is 16.9 Å². The lowest BCUT2D eigenvalue weighted by molar-refractivity contribution is -0.140. The number of Topliss-reactive ketones (excluding diaryl/α,β-unsaturated/α-hetero) is 1. The molecule has 0 bridgehead atoms. The van der Waals surface area contributed by atoms with E-state index in [-0.39, 0.29) is 17.6 Å². The molecule has 0 saturated carbocycles. The number of carbonyl (C=O) groups excluding carboxylic acids is 1. The fourth-order valence-electron chi connectivity index (χ4n) is 1.23. The minimum Gasteiger partial charge on any atom is -0.481 e. The zero-order valence-electron chi connectivity index (χ0n) is 8.59. The molecule has 0 fully saturated rings. The van der Waals surface area contributed by atoms with Crippen molar-refractivity contribution in [1.82, 2.24) is 0 Å². The van der Waals surface area contributed by atoms with Crippen molar-refractivity contribution in [2.75, 3.05) is 0 Å². The van der Waals surface area contributed by atoms with Gasteiger partial charge in [-0.25, -0.2) is 0 Å². The van der Waals surface area contributed by atoms with Gasteiger partial charge in [0, 0.05) is 6.42 Å². The van der Waals surface area contributed by atoms with Crippen LogP contribution in [0.3, 0.4) is 0 Å². The van der Waals surface area contributed by atoms with E-state index < -0.39 is 5.97 Å². The van der Waals surface area contributed by atoms with Gasteiger partial charge in [0.25, 0.3) is 0 Å². The van der Waals surface area contributed by atoms with Crippen LogP contribution in [0, 0.1) is 5.41 Å². The number of carboxylic acid groups (broad SMARTS) is 1. The van der Waals surface area contributed by atoms with Crippen molar-refractivity contribution >= 4 is 11.8 Å². The summed E-state index contributed by atoms with van der Waals surface area (Å²) in [4.78, 5) is 21.3. The second-order valence-electron chi connectivity index (χ2n) is 3.94. The Hall–Kier alpha value is -0.860. The van der Waals surface area contributed by atoms with E-state index in [0.717, 1.165) is 6.42 Å². The summed E-state index contributed by atoms with van der Waals surface area (Å²) in [7, 11) is 0. The SMILES string of the molecule is CC[C@](C)(CCC(C)=O)CC(=O)O. The molecule has 1 atom stereocenters. The van der Waals surface area contributed by atoms with E-state index in [1.165, 1.54) is 6.92 Å². The molecule has 76 valence electrons. The molecule has 0 aliphatic carbocycles. The summed E-state index contributed by atoms with van der Waals surface area (Å²) < 4.78 is 0. The maximum absolute atomic E-state index is 10.7. The Morgan fingerprint density at radius 3 is 2.23 bits per heavy atom. The molecule has 0 aliphatic rings. The maximum Gasteiger partial charge on any atom is 0.303 e. The predicted molar refractivity (Wildman–Crippen MR) is 50.6 cm³/mol. The summed E-state index contributed by atoms with van der Waals surface area (Å²) in [6.07, 6.45) is 2.10.